The minimum Gasteiger partial charge on any atom is -0.141 e. The molecule has 0 amide bonds. The van der Waals surface area contributed by atoms with Crippen LogP contribution in [0.15, 0.2) is 109 Å². The molecule has 0 nitrogen and oxygen atoms in total. The lowest BCUT2D eigenvalue weighted by Gasteiger charge is -2.04. The highest BCUT2D eigenvalue weighted by Gasteiger charge is 2.14. The van der Waals surface area contributed by atoms with E-state index in [0.717, 1.165) is 0 Å². The van der Waals surface area contributed by atoms with Gasteiger partial charge in [-0.25, -0.2) is 0 Å². The number of aryl methyl sites for hydroxylation is 2. The summed E-state index contributed by atoms with van der Waals surface area (Å²) >= 11 is 7.55. The molecule has 40 heavy (non-hydrogen) atoms. The number of thiophene rings is 4. The van der Waals surface area contributed by atoms with Gasteiger partial charge in [0.25, 0.3) is 0 Å². The average molecular weight is 585 g/mol. The maximum Gasteiger partial charge on any atom is 0.0542 e. The summed E-state index contributed by atoms with van der Waals surface area (Å²) in [6.07, 6.45) is 0. The fourth-order valence-electron chi connectivity index (χ4n) is 5.45. The zero-order chi connectivity index (χ0) is 26.8. The second-order valence-corrected chi connectivity index (χ2v) is 14.9. The topological polar surface area (TPSA) is 0 Å². The number of benzene rings is 4. The van der Waals surface area contributed by atoms with Crippen molar-refractivity contribution in [3.63, 3.8) is 0 Å². The van der Waals surface area contributed by atoms with Crippen LogP contribution in [-0.2, 0) is 0 Å². The Kier molecular flexibility index (Phi) is 5.78. The van der Waals surface area contributed by atoms with Gasteiger partial charge in [-0.2, -0.15) is 0 Å². The van der Waals surface area contributed by atoms with Crippen LogP contribution >= 0.6 is 45.3 Å². The summed E-state index contributed by atoms with van der Waals surface area (Å²) in [5, 5.41) is 2.74. The predicted molar refractivity (Wildman–Crippen MR) is 182 cm³/mol. The molecule has 4 aromatic carbocycles. The molecule has 0 saturated heterocycles. The van der Waals surface area contributed by atoms with Crippen LogP contribution in [0.1, 0.15) is 9.75 Å². The van der Waals surface area contributed by atoms with Crippen LogP contribution in [0.4, 0.5) is 0 Å². The van der Waals surface area contributed by atoms with Crippen LogP contribution in [0, 0.1) is 13.8 Å². The van der Waals surface area contributed by atoms with Gasteiger partial charge in [-0.1, -0.05) is 72.8 Å². The summed E-state index contributed by atoms with van der Waals surface area (Å²) < 4.78 is 5.54. The minimum atomic E-state index is 1.27. The van der Waals surface area contributed by atoms with Crippen LogP contribution < -0.4 is 0 Å². The molecular weight excluding hydrogens is 561 g/mol. The van der Waals surface area contributed by atoms with E-state index in [4.69, 9.17) is 0 Å². The average Bonchev–Trinajstić information content (AvgIpc) is 3.77. The van der Waals surface area contributed by atoms with Crippen molar-refractivity contribution in [1.29, 1.82) is 0 Å². The molecule has 0 bridgehead atoms. The van der Waals surface area contributed by atoms with Crippen molar-refractivity contribution >= 4 is 74.9 Å². The Hall–Kier alpha value is -3.54. The van der Waals surface area contributed by atoms with Crippen LogP contribution in [-0.4, -0.2) is 0 Å². The van der Waals surface area contributed by atoms with Gasteiger partial charge in [0.15, 0.2) is 0 Å². The molecule has 0 aliphatic rings. The van der Waals surface area contributed by atoms with Gasteiger partial charge in [-0.15, -0.1) is 45.3 Å². The van der Waals surface area contributed by atoms with Gasteiger partial charge in [-0.05, 0) is 83.6 Å². The van der Waals surface area contributed by atoms with E-state index in [1.807, 2.05) is 45.3 Å². The molecule has 192 valence electrons. The predicted octanol–water partition coefficient (Wildman–Crippen LogP) is 12.7. The Bertz CT molecular complexity index is 2010. The van der Waals surface area contributed by atoms with Gasteiger partial charge in [0.2, 0.25) is 0 Å². The van der Waals surface area contributed by atoms with E-state index in [1.54, 1.807) is 0 Å². The molecule has 4 heteroatoms. The first-order chi connectivity index (χ1) is 19.6. The van der Waals surface area contributed by atoms with Crippen molar-refractivity contribution in [2.24, 2.45) is 0 Å². The van der Waals surface area contributed by atoms with E-state index in [-0.39, 0.29) is 0 Å². The number of hydrogen-bond acceptors (Lipinski definition) is 4. The highest BCUT2D eigenvalue weighted by atomic mass is 32.1. The first kappa shape index (κ1) is 24.3. The molecule has 0 N–H and O–H groups in total. The van der Waals surface area contributed by atoms with Gasteiger partial charge in [0.1, 0.15) is 0 Å². The summed E-state index contributed by atoms with van der Waals surface area (Å²) in [7, 11) is 0. The van der Waals surface area contributed by atoms with Crippen LogP contribution in [0.5, 0.6) is 0 Å². The van der Waals surface area contributed by atoms with Crippen molar-refractivity contribution in [3.05, 3.63) is 119 Å². The van der Waals surface area contributed by atoms with E-state index >= 15 is 0 Å². The lowest BCUT2D eigenvalue weighted by Crippen LogP contribution is -1.78. The van der Waals surface area contributed by atoms with Crippen LogP contribution in [0.3, 0.4) is 0 Å². The molecule has 0 fully saturated rings. The second-order valence-electron chi connectivity index (χ2n) is 10.3. The van der Waals surface area contributed by atoms with E-state index in [2.05, 4.69) is 123 Å². The largest absolute Gasteiger partial charge is 0.141 e. The van der Waals surface area contributed by atoms with E-state index in [0.29, 0.717) is 0 Å². The molecule has 8 aromatic rings. The van der Waals surface area contributed by atoms with Crippen molar-refractivity contribution in [2.75, 3.05) is 0 Å². The summed E-state index contributed by atoms with van der Waals surface area (Å²) in [6, 6.07) is 40.8. The molecule has 0 saturated carbocycles. The Labute approximate surface area is 249 Å². The second kappa shape index (κ2) is 9.53. The summed E-state index contributed by atoms with van der Waals surface area (Å²) in [5.74, 6) is 0. The molecule has 4 aromatic heterocycles. The number of rotatable bonds is 4. The lowest BCUT2D eigenvalue weighted by molar-refractivity contribution is 1.63. The van der Waals surface area contributed by atoms with Crippen molar-refractivity contribution in [3.8, 4) is 43.1 Å². The van der Waals surface area contributed by atoms with Gasteiger partial charge in [0, 0.05) is 39.7 Å². The molecule has 4 heterocycles. The van der Waals surface area contributed by atoms with Gasteiger partial charge in [0.05, 0.1) is 9.40 Å². The zero-order valence-corrected chi connectivity index (χ0v) is 25.3. The fourth-order valence-corrected chi connectivity index (χ4v) is 9.93. The SMILES string of the molecule is Cc1ccc(-c2ccc(-c3ccc4c(c3)sc3c5ccc(-c6ccc(-c7ccc(C)s7)cc6)cc5sc43)cc2)s1. The fraction of sp³-hybridized carbons (Fsp3) is 0.0556. The van der Waals surface area contributed by atoms with Crippen molar-refractivity contribution in [1.82, 2.24) is 0 Å². The molecule has 0 unspecified atom stereocenters. The maximum atomic E-state index is 2.37. The van der Waals surface area contributed by atoms with Crippen LogP contribution in [0.2, 0.25) is 0 Å². The Balaban J connectivity index is 1.12. The molecule has 0 aliphatic carbocycles. The normalized spacial score (nSPS) is 11.8. The Morgan fingerprint density at radius 3 is 1.10 bits per heavy atom. The molecule has 0 aliphatic heterocycles. The monoisotopic (exact) mass is 584 g/mol. The Morgan fingerprint density at radius 1 is 0.350 bits per heavy atom. The maximum absolute atomic E-state index is 2.37. The van der Waals surface area contributed by atoms with Gasteiger partial charge >= 0.3 is 0 Å². The third kappa shape index (κ3) is 4.15. The van der Waals surface area contributed by atoms with Gasteiger partial charge in [-0.3, -0.25) is 0 Å². The zero-order valence-electron chi connectivity index (χ0n) is 22.0. The molecule has 8 rings (SSSR count). The highest BCUT2D eigenvalue weighted by molar-refractivity contribution is 7.36. The first-order valence-electron chi connectivity index (χ1n) is 13.3. The molecular formula is C36H24S4. The summed E-state index contributed by atoms with van der Waals surface area (Å²) in [6.45, 7) is 4.33. The summed E-state index contributed by atoms with van der Waals surface area (Å²) in [4.78, 5) is 5.37. The smallest absolute Gasteiger partial charge is 0.0542 e. The van der Waals surface area contributed by atoms with E-state index in [9.17, 15) is 0 Å². The van der Waals surface area contributed by atoms with E-state index < -0.39 is 0 Å². The number of fused-ring (bicyclic) bond motifs is 5. The molecule has 0 atom stereocenters. The highest BCUT2D eigenvalue weighted by Crippen LogP contribution is 2.46. The number of hydrogen-bond donors (Lipinski definition) is 0. The third-order valence-electron chi connectivity index (χ3n) is 7.57. The lowest BCUT2D eigenvalue weighted by atomic mass is 10.0. The first-order valence-corrected chi connectivity index (χ1v) is 16.6. The van der Waals surface area contributed by atoms with Crippen LogP contribution in [0.25, 0.3) is 72.7 Å². The van der Waals surface area contributed by atoms with Crippen molar-refractivity contribution in [2.45, 2.75) is 13.8 Å². The molecule has 0 radical (unpaired) electrons. The van der Waals surface area contributed by atoms with Gasteiger partial charge < -0.3 is 0 Å². The molecule has 0 spiro atoms. The standard InChI is InChI=1S/C36H24S4/c1-21-3-17-31(37-21)25-9-5-23(6-10-25)27-13-15-29-33(19-27)39-36-30-16-14-28(20-34(30)40-35(29)36)24-7-11-26(12-8-24)32-18-4-22(2)38-32/h3-20H,1-2H3. The Morgan fingerprint density at radius 2 is 0.725 bits per heavy atom. The quantitative estimate of drug-likeness (QED) is 0.193. The van der Waals surface area contributed by atoms with E-state index in [1.165, 1.54) is 82.5 Å². The van der Waals surface area contributed by atoms with Crippen molar-refractivity contribution < 1.29 is 0 Å². The summed E-state index contributed by atoms with van der Waals surface area (Å²) in [5.41, 5.74) is 7.68. The minimum absolute atomic E-state index is 1.27. The third-order valence-corrected chi connectivity index (χ3v) is 12.2.